The van der Waals surface area contributed by atoms with Crippen LogP contribution < -0.4 is 19.7 Å². The van der Waals surface area contributed by atoms with E-state index in [1.54, 1.807) is 36.2 Å². The minimum atomic E-state index is -0.337. The second-order valence-electron chi connectivity index (χ2n) is 13.2. The van der Waals surface area contributed by atoms with Crippen molar-refractivity contribution in [3.8, 4) is 11.5 Å². The van der Waals surface area contributed by atoms with Crippen molar-refractivity contribution in [2.75, 3.05) is 78.3 Å². The number of aromatic amines is 1. The Hall–Kier alpha value is -4.07. The number of anilines is 2. The molecule has 5 rings (SSSR count). The summed E-state index contributed by atoms with van der Waals surface area (Å²) < 4.78 is 11.8. The molecule has 1 aromatic heterocycles. The smallest absolute Gasteiger partial charge is 0.258 e. The zero-order valence-electron chi connectivity index (χ0n) is 31.3. The topological polar surface area (TPSA) is 123 Å². The summed E-state index contributed by atoms with van der Waals surface area (Å²) in [6, 6.07) is 16.1. The number of fused-ring (bicyclic) bond motifs is 1. The monoisotopic (exact) mass is 791 g/mol. The van der Waals surface area contributed by atoms with Gasteiger partial charge in [0.1, 0.15) is 22.8 Å². The van der Waals surface area contributed by atoms with Gasteiger partial charge in [0, 0.05) is 45.2 Å². The average molecular weight is 793 g/mol. The summed E-state index contributed by atoms with van der Waals surface area (Å²) in [5.74, 6) is 1.37. The van der Waals surface area contributed by atoms with Gasteiger partial charge < -0.3 is 39.4 Å². The van der Waals surface area contributed by atoms with Gasteiger partial charge in [-0.1, -0.05) is 12.1 Å². The SMILES string of the molecule is COc1cc(C(=O)N(C)c2ccc(C)cc2OCCCCCC(=O)N2CCN(C)CC2)ccc1NC(=O)c1cccc2[nH]c(CN(C)C)nc12.Cl.Cl.Cl. The highest BCUT2D eigenvalue weighted by Crippen LogP contribution is 2.32. The zero-order valence-corrected chi connectivity index (χ0v) is 33.7. The van der Waals surface area contributed by atoms with Crippen LogP contribution in [0.5, 0.6) is 11.5 Å². The fourth-order valence-electron chi connectivity index (χ4n) is 6.03. The van der Waals surface area contributed by atoms with Crippen molar-refractivity contribution < 1.29 is 23.9 Å². The maximum atomic E-state index is 13.7. The molecule has 1 aliphatic heterocycles. The highest BCUT2D eigenvalue weighted by Gasteiger charge is 2.22. The number of rotatable bonds is 14. The summed E-state index contributed by atoms with van der Waals surface area (Å²) in [5.41, 5.74) is 4.27. The van der Waals surface area contributed by atoms with Crippen molar-refractivity contribution in [2.24, 2.45) is 0 Å². The van der Waals surface area contributed by atoms with Crippen molar-refractivity contribution in [3.05, 3.63) is 77.1 Å². The van der Waals surface area contributed by atoms with Crippen LogP contribution in [0.1, 0.15) is 57.8 Å². The maximum Gasteiger partial charge on any atom is 0.258 e. The van der Waals surface area contributed by atoms with E-state index in [4.69, 9.17) is 9.47 Å². The first kappa shape index (κ1) is 45.1. The number of unbranched alkanes of at least 4 members (excludes halogenated alkanes) is 2. The third-order valence-corrected chi connectivity index (χ3v) is 8.90. The first-order valence-corrected chi connectivity index (χ1v) is 17.1. The van der Waals surface area contributed by atoms with Gasteiger partial charge in [0.05, 0.1) is 42.7 Å². The number of ether oxygens (including phenoxy) is 2. The second kappa shape index (κ2) is 21.0. The van der Waals surface area contributed by atoms with Crippen LogP contribution >= 0.6 is 37.2 Å². The largest absolute Gasteiger partial charge is 0.495 e. The molecule has 1 saturated heterocycles. The molecule has 0 saturated carbocycles. The van der Waals surface area contributed by atoms with Crippen LogP contribution in [0, 0.1) is 6.92 Å². The first-order chi connectivity index (χ1) is 24.0. The first-order valence-electron chi connectivity index (χ1n) is 17.1. The predicted molar refractivity (Wildman–Crippen MR) is 218 cm³/mol. The molecule has 0 radical (unpaired) electrons. The molecule has 53 heavy (non-hydrogen) atoms. The number of piperazine rings is 1. The highest BCUT2D eigenvalue weighted by molar-refractivity contribution is 6.12. The third-order valence-electron chi connectivity index (χ3n) is 8.90. The number of halogens is 3. The van der Waals surface area contributed by atoms with Crippen molar-refractivity contribution in [1.82, 2.24) is 24.7 Å². The standard InChI is InChI=1S/C38H49N7O5.3ClH/c1-26-14-17-31(33(23-26)50-22-9-7-8-13-35(46)45-20-18-43(4)19-21-45)44(5)38(48)27-15-16-29(32(24-27)49-6)40-37(47)28-11-10-12-30-36(28)41-34(39-30)25-42(2)3;;;/h10-12,14-17,23-24H,7-9,13,18-22,25H2,1-6H3,(H,39,41)(H,40,47);3*1H. The van der Waals surface area contributed by atoms with E-state index in [1.807, 2.05) is 61.2 Å². The molecule has 4 aromatic rings. The molecular formula is C38H52Cl3N7O5. The fraction of sp³-hybridized carbons (Fsp3) is 0.421. The minimum absolute atomic E-state index is 0. The van der Waals surface area contributed by atoms with Crippen molar-refractivity contribution in [3.63, 3.8) is 0 Å². The molecule has 0 spiro atoms. The van der Waals surface area contributed by atoms with Crippen LogP contribution in [-0.4, -0.2) is 110 Å². The molecule has 290 valence electrons. The molecule has 12 nitrogen and oxygen atoms in total. The Kier molecular flexibility index (Phi) is 17.9. The number of amides is 3. The third kappa shape index (κ3) is 11.7. The predicted octanol–water partition coefficient (Wildman–Crippen LogP) is 6.45. The van der Waals surface area contributed by atoms with E-state index in [0.717, 1.165) is 62.3 Å². The molecule has 1 fully saturated rings. The van der Waals surface area contributed by atoms with E-state index in [9.17, 15) is 14.4 Å². The molecule has 0 unspecified atom stereocenters. The maximum absolute atomic E-state index is 13.7. The van der Waals surface area contributed by atoms with Crippen LogP contribution in [0.4, 0.5) is 11.4 Å². The van der Waals surface area contributed by atoms with Crippen molar-refractivity contribution in [2.45, 2.75) is 39.2 Å². The van der Waals surface area contributed by atoms with Crippen LogP contribution in [0.25, 0.3) is 11.0 Å². The molecule has 0 aliphatic carbocycles. The molecule has 15 heteroatoms. The van der Waals surface area contributed by atoms with Crippen LogP contribution in [0.2, 0.25) is 0 Å². The van der Waals surface area contributed by atoms with E-state index >= 15 is 0 Å². The summed E-state index contributed by atoms with van der Waals surface area (Å²) in [4.78, 5) is 55.4. The van der Waals surface area contributed by atoms with Gasteiger partial charge in [-0.25, -0.2) is 4.98 Å². The molecule has 2 heterocycles. The summed E-state index contributed by atoms with van der Waals surface area (Å²) >= 11 is 0. The van der Waals surface area contributed by atoms with Gasteiger partial charge in [-0.3, -0.25) is 14.4 Å². The quantitative estimate of drug-likeness (QED) is 0.140. The lowest BCUT2D eigenvalue weighted by atomic mass is 10.1. The van der Waals surface area contributed by atoms with Crippen molar-refractivity contribution >= 4 is 77.4 Å². The average Bonchev–Trinajstić information content (AvgIpc) is 3.51. The normalized spacial score (nSPS) is 12.7. The molecule has 3 aromatic carbocycles. The van der Waals surface area contributed by atoms with E-state index in [1.165, 1.54) is 7.11 Å². The summed E-state index contributed by atoms with van der Waals surface area (Å²) in [5, 5.41) is 2.93. The van der Waals surface area contributed by atoms with Crippen LogP contribution in [0.15, 0.2) is 54.6 Å². The molecule has 1 aliphatic rings. The van der Waals surface area contributed by atoms with E-state index in [2.05, 4.69) is 27.2 Å². The van der Waals surface area contributed by atoms with Gasteiger partial charge in [0.2, 0.25) is 5.91 Å². The Morgan fingerprint density at radius 1 is 0.906 bits per heavy atom. The Labute approximate surface area is 330 Å². The summed E-state index contributed by atoms with van der Waals surface area (Å²) in [7, 11) is 9.20. The fourth-order valence-corrected chi connectivity index (χ4v) is 6.03. The number of methoxy groups -OCH3 is 1. The number of carbonyl (C=O) groups excluding carboxylic acids is 3. The number of aryl methyl sites for hydroxylation is 1. The number of hydrogen-bond acceptors (Lipinski definition) is 8. The molecule has 3 amide bonds. The van der Waals surface area contributed by atoms with Crippen LogP contribution in [-0.2, 0) is 11.3 Å². The van der Waals surface area contributed by atoms with Gasteiger partial charge in [0.25, 0.3) is 11.8 Å². The lowest BCUT2D eigenvalue weighted by molar-refractivity contribution is -0.132. The molecule has 0 bridgehead atoms. The number of benzene rings is 3. The number of hydrogen-bond donors (Lipinski definition) is 2. The van der Waals surface area contributed by atoms with E-state index in [-0.39, 0.29) is 54.9 Å². The number of aromatic nitrogens is 2. The van der Waals surface area contributed by atoms with Gasteiger partial charge in [-0.05, 0) is 95.4 Å². The van der Waals surface area contributed by atoms with E-state index < -0.39 is 0 Å². The number of nitrogens with zero attached hydrogens (tertiary/aromatic N) is 5. The lowest BCUT2D eigenvalue weighted by Crippen LogP contribution is -2.47. The van der Waals surface area contributed by atoms with Gasteiger partial charge in [0.15, 0.2) is 0 Å². The number of H-pyrrole nitrogens is 1. The number of carbonyl (C=O) groups is 3. The highest BCUT2D eigenvalue weighted by atomic mass is 35.5. The van der Waals surface area contributed by atoms with Gasteiger partial charge >= 0.3 is 0 Å². The molecular weight excluding hydrogens is 741 g/mol. The zero-order chi connectivity index (χ0) is 35.8. The Bertz CT molecular complexity index is 1830. The summed E-state index contributed by atoms with van der Waals surface area (Å²) in [6.07, 6.45) is 3.06. The number of para-hydroxylation sites is 1. The Morgan fingerprint density at radius 2 is 1.64 bits per heavy atom. The van der Waals surface area contributed by atoms with Gasteiger partial charge in [-0.2, -0.15) is 0 Å². The second-order valence-corrected chi connectivity index (χ2v) is 13.2. The van der Waals surface area contributed by atoms with Crippen LogP contribution in [0.3, 0.4) is 0 Å². The number of nitrogens with one attached hydrogen (secondary N) is 2. The van der Waals surface area contributed by atoms with E-state index in [0.29, 0.717) is 59.1 Å². The minimum Gasteiger partial charge on any atom is -0.495 e. The lowest BCUT2D eigenvalue weighted by Gasteiger charge is -2.32. The Morgan fingerprint density at radius 3 is 2.34 bits per heavy atom. The number of likely N-dealkylation sites (N-methyl/N-ethyl adjacent to an activating group) is 1. The van der Waals surface area contributed by atoms with Gasteiger partial charge in [-0.15, -0.1) is 37.2 Å². The molecule has 2 N–H and O–H groups in total. The molecule has 0 atom stereocenters. The Balaban J connectivity index is 0.00000324. The number of imidazole rings is 1. The van der Waals surface area contributed by atoms with Crippen molar-refractivity contribution in [1.29, 1.82) is 0 Å². The summed E-state index contributed by atoms with van der Waals surface area (Å²) in [6.45, 7) is 6.53.